The fraction of sp³-hybridized carbons (Fsp3) is 0.0959. The van der Waals surface area contributed by atoms with Crippen LogP contribution in [0.2, 0.25) is 0 Å². The van der Waals surface area contributed by atoms with E-state index in [1.807, 2.05) is 66.0 Å². The number of aromatic nitrogens is 1. The smallest absolute Gasteiger partial charge is 0.0538 e. The first-order valence-corrected chi connectivity index (χ1v) is 27.2. The Labute approximate surface area is 461 Å². The number of thiophene rings is 1. The molecule has 4 heteroatoms. The van der Waals surface area contributed by atoms with Gasteiger partial charge in [0.05, 0.1) is 5.52 Å². The molecule has 0 N–H and O–H groups in total. The first kappa shape index (κ1) is 52.9. The van der Waals surface area contributed by atoms with Crippen LogP contribution in [0.25, 0.3) is 50.3 Å². The minimum Gasteiger partial charge on any atom is -0.338 e. The average Bonchev–Trinajstić information content (AvgIpc) is 4.13. The monoisotopic (exact) mass is 1020 g/mol. The van der Waals surface area contributed by atoms with Crippen LogP contribution in [0.1, 0.15) is 65.4 Å². The first-order chi connectivity index (χ1) is 37.7. The fourth-order valence-electron chi connectivity index (χ4n) is 10.3. The van der Waals surface area contributed by atoms with Gasteiger partial charge in [0.25, 0.3) is 0 Å². The van der Waals surface area contributed by atoms with Crippen molar-refractivity contribution in [3.63, 3.8) is 0 Å². The number of anilines is 3. The molecule has 2 aliphatic carbocycles. The summed E-state index contributed by atoms with van der Waals surface area (Å²) < 4.78 is 2.39. The molecule has 0 saturated heterocycles. The summed E-state index contributed by atoms with van der Waals surface area (Å²) in [5.41, 5.74) is 19.7. The predicted octanol–water partition coefficient (Wildman–Crippen LogP) is 20.3. The minimum atomic E-state index is 0.379. The Balaban J connectivity index is 0.912. The van der Waals surface area contributed by atoms with Gasteiger partial charge in [-0.25, -0.2) is 0 Å². The SMILES string of the molecule is C=CC=C(C=C)N(C(C=C)=CC=Cc1ccc(N(CC=C)c2ccc(C(C)=CC=C(C)C3=Cc4c(n(C(C=C)=CC=C)c5ccc(C6=CCC(c7ccc(-c8ccccc8)s7)C=C6)cc45)CC3)cc2)cc1)c1ccccc1. The van der Waals surface area contributed by atoms with Crippen LogP contribution in [0, 0.1) is 0 Å². The highest BCUT2D eigenvalue weighted by Gasteiger charge is 2.23. The Hall–Kier alpha value is -8.96. The van der Waals surface area contributed by atoms with Crippen molar-refractivity contribution >= 4 is 68.3 Å². The number of hydrogen-bond donors (Lipinski definition) is 0. The van der Waals surface area contributed by atoms with Crippen molar-refractivity contribution in [1.82, 2.24) is 4.57 Å². The fourth-order valence-corrected chi connectivity index (χ4v) is 11.4. The second-order valence-corrected chi connectivity index (χ2v) is 20.3. The lowest BCUT2D eigenvalue weighted by atomic mass is 9.89. The normalized spacial score (nSPS) is 15.1. The molecule has 380 valence electrons. The average molecular weight is 1020 g/mol. The van der Waals surface area contributed by atoms with Gasteiger partial charge in [0.2, 0.25) is 0 Å². The zero-order valence-corrected chi connectivity index (χ0v) is 45.3. The maximum Gasteiger partial charge on any atom is 0.0538 e. The Morgan fingerprint density at radius 1 is 0.649 bits per heavy atom. The molecule has 0 saturated carbocycles. The highest BCUT2D eigenvalue weighted by Crippen LogP contribution is 2.42. The zero-order valence-electron chi connectivity index (χ0n) is 44.5. The molecule has 2 heterocycles. The number of nitrogens with zero attached hydrogens (tertiary/aromatic N) is 3. The second kappa shape index (κ2) is 25.0. The molecule has 3 nitrogen and oxygen atoms in total. The van der Waals surface area contributed by atoms with Crippen LogP contribution in [0.5, 0.6) is 0 Å². The van der Waals surface area contributed by atoms with Crippen molar-refractivity contribution < 1.29 is 0 Å². The van der Waals surface area contributed by atoms with Crippen molar-refractivity contribution in [2.24, 2.45) is 0 Å². The highest BCUT2D eigenvalue weighted by molar-refractivity contribution is 7.15. The molecule has 0 fully saturated rings. The van der Waals surface area contributed by atoms with Gasteiger partial charge in [0, 0.05) is 73.0 Å². The molecule has 0 amide bonds. The molecule has 5 aromatic carbocycles. The van der Waals surface area contributed by atoms with Crippen molar-refractivity contribution in [2.45, 2.75) is 39.0 Å². The molecular weight excluding hydrogens is 951 g/mol. The van der Waals surface area contributed by atoms with Gasteiger partial charge in [-0.05, 0) is 181 Å². The molecule has 2 aliphatic rings. The van der Waals surface area contributed by atoms with Crippen LogP contribution in [-0.4, -0.2) is 11.1 Å². The van der Waals surface area contributed by atoms with E-state index in [-0.39, 0.29) is 0 Å². The standard InChI is InChI=1S/C73H67N3S/c1-9-22-62(12-4)75(67-27-19-16-20-28-67)64(14-6)29-21-24-55-32-42-65(43-33-55)74(50-11-3)66-44-38-56(39-45-66)53(7)30-31-54(8)60-40-46-70-68(51-60)69-52-61(41-47-71(69)76(70)63(13-5)23-10-2)57-34-36-59(37-35-57)73-49-48-72(77-73)58-25-17-15-18-26-58/h9-36,38-39,41-45,47-49,51-52,59H,1-6,37,40,46,50H2,7-8H3. The third-order valence-corrected chi connectivity index (χ3v) is 15.6. The summed E-state index contributed by atoms with van der Waals surface area (Å²) in [6.07, 6.45) is 38.4. The predicted molar refractivity (Wildman–Crippen MR) is 339 cm³/mol. The van der Waals surface area contributed by atoms with Gasteiger partial charge in [-0.1, -0.05) is 173 Å². The molecule has 77 heavy (non-hydrogen) atoms. The maximum absolute atomic E-state index is 4.21. The van der Waals surface area contributed by atoms with E-state index in [4.69, 9.17) is 0 Å². The quantitative estimate of drug-likeness (QED) is 0.0525. The third kappa shape index (κ3) is 12.0. The van der Waals surface area contributed by atoms with E-state index in [1.165, 1.54) is 70.9 Å². The van der Waals surface area contributed by atoms with Gasteiger partial charge in [-0.3, -0.25) is 0 Å². The van der Waals surface area contributed by atoms with Crippen molar-refractivity contribution in [3.8, 4) is 10.4 Å². The van der Waals surface area contributed by atoms with Crippen molar-refractivity contribution in [1.29, 1.82) is 0 Å². The van der Waals surface area contributed by atoms with E-state index in [0.29, 0.717) is 12.5 Å². The number of hydrogen-bond acceptors (Lipinski definition) is 3. The summed E-state index contributed by atoms with van der Waals surface area (Å²) in [4.78, 5) is 7.12. The molecule has 9 rings (SSSR count). The lowest BCUT2D eigenvalue weighted by molar-refractivity contribution is 0.870. The maximum atomic E-state index is 4.21. The molecule has 2 aromatic heterocycles. The van der Waals surface area contributed by atoms with Gasteiger partial charge in [0.15, 0.2) is 0 Å². The van der Waals surface area contributed by atoms with Gasteiger partial charge >= 0.3 is 0 Å². The van der Waals surface area contributed by atoms with Crippen LogP contribution in [0.15, 0.2) is 293 Å². The summed E-state index contributed by atoms with van der Waals surface area (Å²) in [6.45, 7) is 29.5. The van der Waals surface area contributed by atoms with E-state index in [2.05, 4.69) is 250 Å². The van der Waals surface area contributed by atoms with Gasteiger partial charge in [0.1, 0.15) is 0 Å². The summed E-state index contributed by atoms with van der Waals surface area (Å²) in [7, 11) is 0. The summed E-state index contributed by atoms with van der Waals surface area (Å²) in [5.74, 6) is 0.379. The Bertz CT molecular complexity index is 3630. The van der Waals surface area contributed by atoms with E-state index in [1.54, 1.807) is 6.08 Å². The zero-order chi connectivity index (χ0) is 53.7. The van der Waals surface area contributed by atoms with Crippen LogP contribution in [-0.2, 0) is 6.42 Å². The van der Waals surface area contributed by atoms with Crippen molar-refractivity contribution in [3.05, 3.63) is 326 Å². The van der Waals surface area contributed by atoms with Gasteiger partial charge in [-0.15, -0.1) is 17.9 Å². The molecule has 1 atom stereocenters. The molecular formula is C73H67N3S. The van der Waals surface area contributed by atoms with E-state index in [9.17, 15) is 0 Å². The second-order valence-electron chi connectivity index (χ2n) is 19.2. The third-order valence-electron chi connectivity index (χ3n) is 14.3. The highest BCUT2D eigenvalue weighted by atomic mass is 32.1. The number of benzene rings is 5. The largest absolute Gasteiger partial charge is 0.338 e. The van der Waals surface area contributed by atoms with Crippen LogP contribution >= 0.6 is 11.3 Å². The molecule has 0 bridgehead atoms. The summed E-state index contributed by atoms with van der Waals surface area (Å²) >= 11 is 1.90. The van der Waals surface area contributed by atoms with Crippen LogP contribution in [0.3, 0.4) is 0 Å². The van der Waals surface area contributed by atoms with Gasteiger partial charge < -0.3 is 14.4 Å². The van der Waals surface area contributed by atoms with E-state index >= 15 is 0 Å². The Morgan fingerprint density at radius 3 is 2.00 bits per heavy atom. The lowest BCUT2D eigenvalue weighted by Crippen LogP contribution is -2.19. The Morgan fingerprint density at radius 2 is 1.34 bits per heavy atom. The minimum absolute atomic E-state index is 0.379. The molecule has 7 aromatic rings. The van der Waals surface area contributed by atoms with Gasteiger partial charge in [-0.2, -0.15) is 0 Å². The number of para-hydroxylation sites is 1. The van der Waals surface area contributed by atoms with Crippen LogP contribution < -0.4 is 9.80 Å². The molecule has 0 radical (unpaired) electrons. The first-order valence-electron chi connectivity index (χ1n) is 26.4. The molecule has 0 spiro atoms. The summed E-state index contributed by atoms with van der Waals surface area (Å²) in [5, 5.41) is 1.25. The summed E-state index contributed by atoms with van der Waals surface area (Å²) in [6, 6.07) is 49.9. The lowest BCUT2D eigenvalue weighted by Gasteiger charge is -2.26. The van der Waals surface area contributed by atoms with Crippen LogP contribution in [0.4, 0.5) is 17.1 Å². The van der Waals surface area contributed by atoms with E-state index < -0.39 is 0 Å². The number of rotatable bonds is 21. The Kier molecular flexibility index (Phi) is 17.2. The van der Waals surface area contributed by atoms with E-state index in [0.717, 1.165) is 59.0 Å². The molecule has 0 aliphatic heterocycles. The topological polar surface area (TPSA) is 11.4 Å². The van der Waals surface area contributed by atoms with Crippen molar-refractivity contribution in [2.75, 3.05) is 16.3 Å². The number of allylic oxidation sites excluding steroid dienone is 19. The molecule has 1 unspecified atom stereocenters. The number of fused-ring (bicyclic) bond motifs is 3.